The quantitative estimate of drug-likeness (QED) is 0.863. The van der Waals surface area contributed by atoms with Crippen molar-refractivity contribution in [2.45, 2.75) is 32.4 Å². The second-order valence-electron chi connectivity index (χ2n) is 4.19. The number of nitrogens with two attached hydrogens (primary N) is 1. The first kappa shape index (κ1) is 12.1. The lowest BCUT2D eigenvalue weighted by atomic mass is 9.95. The van der Waals surface area contributed by atoms with E-state index in [1.54, 1.807) is 0 Å². The molecule has 4 nitrogen and oxygen atoms in total. The van der Waals surface area contributed by atoms with Crippen molar-refractivity contribution in [3.8, 4) is 0 Å². The Balaban J connectivity index is 2.65. The van der Waals surface area contributed by atoms with Gasteiger partial charge in [-0.05, 0) is 35.6 Å². The molecule has 2 rings (SSSR count). The van der Waals surface area contributed by atoms with E-state index in [0.29, 0.717) is 0 Å². The lowest BCUT2D eigenvalue weighted by Gasteiger charge is -2.17. The molecule has 2 N–H and O–H groups in total. The van der Waals surface area contributed by atoms with E-state index in [4.69, 9.17) is 5.73 Å². The van der Waals surface area contributed by atoms with Gasteiger partial charge in [0.2, 0.25) is 0 Å². The molecular weight excluding hydrogens is 236 g/mol. The molecule has 0 aromatic heterocycles. The highest BCUT2D eigenvalue weighted by atomic mass is 32.2. The molecule has 1 aliphatic rings. The lowest BCUT2D eigenvalue weighted by molar-refractivity contribution is 0.596. The van der Waals surface area contributed by atoms with Crippen molar-refractivity contribution in [1.29, 1.82) is 0 Å². The number of amidine groups is 1. The van der Waals surface area contributed by atoms with Crippen molar-refractivity contribution in [2.75, 3.05) is 0 Å². The van der Waals surface area contributed by atoms with E-state index in [2.05, 4.69) is 18.2 Å². The highest BCUT2D eigenvalue weighted by molar-refractivity contribution is 7.89. The summed E-state index contributed by atoms with van der Waals surface area (Å²) in [5.74, 6) is 0.0728. The first-order chi connectivity index (χ1) is 7.96. The third-order valence-corrected chi connectivity index (χ3v) is 4.19. The second kappa shape index (κ2) is 4.14. The summed E-state index contributed by atoms with van der Waals surface area (Å²) < 4.78 is 26.6. The molecule has 0 bridgehead atoms. The smallest absolute Gasteiger partial charge is 0.259 e. The van der Waals surface area contributed by atoms with Crippen LogP contribution in [0.2, 0.25) is 0 Å². The van der Waals surface area contributed by atoms with Gasteiger partial charge >= 0.3 is 0 Å². The summed E-state index contributed by atoms with van der Waals surface area (Å²) >= 11 is 0. The topological polar surface area (TPSA) is 72.5 Å². The van der Waals surface area contributed by atoms with Crippen LogP contribution in [0.25, 0.3) is 0 Å². The predicted octanol–water partition coefficient (Wildman–Crippen LogP) is 1.36. The van der Waals surface area contributed by atoms with Gasteiger partial charge < -0.3 is 5.73 Å². The molecule has 0 saturated heterocycles. The Labute approximate surface area is 102 Å². The van der Waals surface area contributed by atoms with Gasteiger partial charge in [0.15, 0.2) is 0 Å². The number of sulfonamides is 1. The summed E-state index contributed by atoms with van der Waals surface area (Å²) in [5, 5.41) is 0. The van der Waals surface area contributed by atoms with Crippen LogP contribution in [0.15, 0.2) is 16.5 Å². The molecule has 1 heterocycles. The molecule has 92 valence electrons. The summed E-state index contributed by atoms with van der Waals surface area (Å²) in [7, 11) is -3.43. The largest absolute Gasteiger partial charge is 0.383 e. The number of fused-ring (bicyclic) bond motifs is 1. The maximum absolute atomic E-state index is 11.5. The SMILES string of the molecule is CCc1cc2c(cc1CC)C(N)=NS(=O)(=O)C2. The van der Waals surface area contributed by atoms with Crippen molar-refractivity contribution in [1.82, 2.24) is 0 Å². The average molecular weight is 252 g/mol. The molecule has 1 aromatic carbocycles. The third-order valence-electron chi connectivity index (χ3n) is 3.04. The van der Waals surface area contributed by atoms with Crippen LogP contribution >= 0.6 is 0 Å². The number of aryl methyl sites for hydroxylation is 2. The lowest BCUT2D eigenvalue weighted by Crippen LogP contribution is -2.24. The highest BCUT2D eigenvalue weighted by Crippen LogP contribution is 2.24. The van der Waals surface area contributed by atoms with E-state index in [9.17, 15) is 8.42 Å². The fraction of sp³-hybridized carbons (Fsp3) is 0.417. The molecule has 0 unspecified atom stereocenters. The molecule has 0 amide bonds. The number of hydrogen-bond donors (Lipinski definition) is 1. The van der Waals surface area contributed by atoms with Crippen molar-refractivity contribution >= 4 is 15.9 Å². The van der Waals surface area contributed by atoms with Crippen molar-refractivity contribution in [3.63, 3.8) is 0 Å². The molecular formula is C12H16N2O2S. The number of benzene rings is 1. The maximum atomic E-state index is 11.5. The molecule has 5 heteroatoms. The van der Waals surface area contributed by atoms with E-state index >= 15 is 0 Å². The number of hydrogen-bond acceptors (Lipinski definition) is 3. The zero-order valence-corrected chi connectivity index (χ0v) is 10.8. The van der Waals surface area contributed by atoms with Gasteiger partial charge in [-0.1, -0.05) is 19.9 Å². The van der Waals surface area contributed by atoms with E-state index in [1.807, 2.05) is 12.1 Å². The van der Waals surface area contributed by atoms with Crippen LogP contribution in [-0.4, -0.2) is 14.3 Å². The average Bonchev–Trinajstić information content (AvgIpc) is 2.26. The Morgan fingerprint density at radius 1 is 1.24 bits per heavy atom. The van der Waals surface area contributed by atoms with Crippen molar-refractivity contribution < 1.29 is 8.42 Å². The van der Waals surface area contributed by atoms with Crippen molar-refractivity contribution in [3.05, 3.63) is 34.4 Å². The molecule has 0 radical (unpaired) electrons. The Bertz CT molecular complexity index is 589. The van der Waals surface area contributed by atoms with Gasteiger partial charge in [0, 0.05) is 5.56 Å². The Morgan fingerprint density at radius 2 is 1.82 bits per heavy atom. The normalized spacial score (nSPS) is 17.4. The van der Waals surface area contributed by atoms with Gasteiger partial charge in [-0.15, -0.1) is 4.40 Å². The molecule has 0 spiro atoms. The zero-order chi connectivity index (χ0) is 12.6. The fourth-order valence-corrected chi connectivity index (χ4v) is 3.28. The van der Waals surface area contributed by atoms with Gasteiger partial charge in [-0.2, -0.15) is 0 Å². The summed E-state index contributed by atoms with van der Waals surface area (Å²) in [4.78, 5) is 0. The van der Waals surface area contributed by atoms with Gasteiger partial charge in [-0.3, -0.25) is 0 Å². The van der Waals surface area contributed by atoms with Crippen LogP contribution in [0, 0.1) is 0 Å². The number of nitrogens with zero attached hydrogens (tertiary/aromatic N) is 1. The molecule has 17 heavy (non-hydrogen) atoms. The van der Waals surface area contributed by atoms with Gasteiger partial charge in [-0.25, -0.2) is 8.42 Å². The Morgan fingerprint density at radius 3 is 2.41 bits per heavy atom. The molecule has 0 aliphatic carbocycles. The van der Waals surface area contributed by atoms with Crippen LogP contribution in [-0.2, 0) is 28.6 Å². The van der Waals surface area contributed by atoms with Crippen LogP contribution in [0.5, 0.6) is 0 Å². The number of rotatable bonds is 2. The maximum Gasteiger partial charge on any atom is 0.259 e. The van der Waals surface area contributed by atoms with Gasteiger partial charge in [0.25, 0.3) is 10.0 Å². The van der Waals surface area contributed by atoms with Crippen molar-refractivity contribution in [2.24, 2.45) is 10.1 Å². The molecule has 0 atom stereocenters. The fourth-order valence-electron chi connectivity index (χ4n) is 2.18. The molecule has 0 saturated carbocycles. The predicted molar refractivity (Wildman–Crippen MR) is 68.5 cm³/mol. The minimum Gasteiger partial charge on any atom is -0.383 e. The summed E-state index contributed by atoms with van der Waals surface area (Å²) in [6.45, 7) is 4.14. The Hall–Kier alpha value is -1.36. The van der Waals surface area contributed by atoms with Crippen LogP contribution in [0.3, 0.4) is 0 Å². The van der Waals surface area contributed by atoms with Gasteiger partial charge in [0.05, 0.1) is 5.75 Å². The standard InChI is InChI=1S/C12H16N2O2S/c1-3-8-5-10-7-17(15,16)14-12(13)11(10)6-9(8)4-2/h5-6H,3-4,7H2,1-2H3,(H2,13,14). The van der Waals surface area contributed by atoms with Crippen LogP contribution in [0.1, 0.15) is 36.1 Å². The van der Waals surface area contributed by atoms with Gasteiger partial charge in [0.1, 0.15) is 5.84 Å². The highest BCUT2D eigenvalue weighted by Gasteiger charge is 2.23. The van der Waals surface area contributed by atoms with E-state index in [-0.39, 0.29) is 11.6 Å². The minimum absolute atomic E-state index is 0.0416. The monoisotopic (exact) mass is 252 g/mol. The third kappa shape index (κ3) is 2.20. The molecule has 0 fully saturated rings. The molecule has 1 aliphatic heterocycles. The minimum atomic E-state index is -3.43. The first-order valence-corrected chi connectivity index (χ1v) is 7.31. The first-order valence-electron chi connectivity index (χ1n) is 5.70. The summed E-state index contributed by atoms with van der Waals surface area (Å²) in [6.07, 6.45) is 1.81. The van der Waals surface area contributed by atoms with E-state index in [0.717, 1.165) is 24.0 Å². The van der Waals surface area contributed by atoms with Crippen LogP contribution in [0.4, 0.5) is 0 Å². The van der Waals surface area contributed by atoms with Crippen LogP contribution < -0.4 is 5.73 Å². The van der Waals surface area contributed by atoms with E-state index in [1.165, 1.54) is 11.1 Å². The Kier molecular flexibility index (Phi) is 2.95. The summed E-state index contributed by atoms with van der Waals surface area (Å²) in [5.41, 5.74) is 9.65. The zero-order valence-electron chi connectivity index (χ0n) is 10.0. The molecule has 1 aromatic rings. The second-order valence-corrected chi connectivity index (χ2v) is 5.82. The summed E-state index contributed by atoms with van der Waals surface area (Å²) in [6, 6.07) is 3.93. The van der Waals surface area contributed by atoms with E-state index < -0.39 is 10.0 Å².